The first-order valence-electron chi connectivity index (χ1n) is 10.5. The Morgan fingerprint density at radius 2 is 1.84 bits per heavy atom. The quantitative estimate of drug-likeness (QED) is 0.633. The highest BCUT2D eigenvalue weighted by molar-refractivity contribution is 9.10. The third kappa shape index (κ3) is 4.01. The number of benzene rings is 2. The van der Waals surface area contributed by atoms with E-state index in [-0.39, 0.29) is 22.9 Å². The van der Waals surface area contributed by atoms with E-state index in [1.165, 1.54) is 12.5 Å². The number of rotatable bonds is 3. The van der Waals surface area contributed by atoms with Crippen LogP contribution in [0.4, 0.5) is 11.4 Å². The van der Waals surface area contributed by atoms with Gasteiger partial charge in [-0.25, -0.2) is 8.42 Å². The van der Waals surface area contributed by atoms with Crippen molar-refractivity contribution in [2.75, 3.05) is 29.4 Å². The van der Waals surface area contributed by atoms with Crippen molar-refractivity contribution in [2.24, 2.45) is 0 Å². The molecule has 0 spiro atoms. The van der Waals surface area contributed by atoms with Gasteiger partial charge in [-0.2, -0.15) is 4.31 Å². The van der Waals surface area contributed by atoms with Gasteiger partial charge in [0.05, 0.1) is 4.90 Å². The summed E-state index contributed by atoms with van der Waals surface area (Å²) < 4.78 is 29.3. The lowest BCUT2D eigenvalue weighted by atomic mass is 10.1. The molecule has 1 fully saturated rings. The fraction of sp³-hybridized carbons (Fsp3) is 0.435. The van der Waals surface area contributed by atoms with E-state index in [2.05, 4.69) is 52.9 Å². The largest absolute Gasteiger partial charge is 0.366 e. The van der Waals surface area contributed by atoms with Crippen LogP contribution in [-0.2, 0) is 21.2 Å². The number of halogens is 1. The van der Waals surface area contributed by atoms with Crippen molar-refractivity contribution >= 4 is 43.2 Å². The van der Waals surface area contributed by atoms with Gasteiger partial charge in [-0.3, -0.25) is 4.79 Å². The minimum Gasteiger partial charge on any atom is -0.366 e. The van der Waals surface area contributed by atoms with Crippen molar-refractivity contribution < 1.29 is 13.2 Å². The molecule has 6 nitrogen and oxygen atoms in total. The molecule has 2 aromatic rings. The summed E-state index contributed by atoms with van der Waals surface area (Å²) in [5, 5.41) is 0. The number of sulfonamides is 1. The van der Waals surface area contributed by atoms with Crippen LogP contribution in [0.1, 0.15) is 31.9 Å². The highest BCUT2D eigenvalue weighted by Gasteiger charge is 2.36. The maximum Gasteiger partial charge on any atom is 0.244 e. The Balaban J connectivity index is 1.62. The molecule has 0 bridgehead atoms. The van der Waals surface area contributed by atoms with Crippen LogP contribution in [0.25, 0.3) is 0 Å². The number of aryl methyl sites for hydroxylation is 1. The molecule has 0 aliphatic carbocycles. The predicted molar refractivity (Wildman–Crippen MR) is 127 cm³/mol. The lowest BCUT2D eigenvalue weighted by Gasteiger charge is -2.40. The number of amides is 1. The van der Waals surface area contributed by atoms with Crippen molar-refractivity contribution in [3.63, 3.8) is 0 Å². The molecule has 2 aromatic carbocycles. The van der Waals surface area contributed by atoms with Gasteiger partial charge in [0.15, 0.2) is 0 Å². The lowest BCUT2D eigenvalue weighted by molar-refractivity contribution is -0.116. The summed E-state index contributed by atoms with van der Waals surface area (Å²) in [6.07, 6.45) is 0.722. The number of carbonyl (C=O) groups excluding carboxylic acids is 1. The van der Waals surface area contributed by atoms with E-state index in [0.717, 1.165) is 17.7 Å². The summed E-state index contributed by atoms with van der Waals surface area (Å²) in [5.41, 5.74) is 4.00. The summed E-state index contributed by atoms with van der Waals surface area (Å²) in [6.45, 7) is 9.07. The number of anilines is 2. The van der Waals surface area contributed by atoms with Crippen LogP contribution in [0.5, 0.6) is 0 Å². The summed E-state index contributed by atoms with van der Waals surface area (Å²) in [4.78, 5) is 16.3. The zero-order chi connectivity index (χ0) is 22.5. The molecule has 2 atom stereocenters. The van der Waals surface area contributed by atoms with Crippen molar-refractivity contribution in [3.05, 3.63) is 52.0 Å². The molecular weight excluding hydrogens is 478 g/mol. The van der Waals surface area contributed by atoms with Gasteiger partial charge in [-0.1, -0.05) is 12.1 Å². The van der Waals surface area contributed by atoms with Crippen LogP contribution in [-0.4, -0.2) is 50.3 Å². The van der Waals surface area contributed by atoms with E-state index in [1.54, 1.807) is 15.3 Å². The predicted octanol–water partition coefficient (Wildman–Crippen LogP) is 3.95. The second kappa shape index (κ2) is 8.22. The minimum absolute atomic E-state index is 0.0234. The molecule has 1 amide bonds. The fourth-order valence-electron chi connectivity index (χ4n) is 4.77. The Hall–Kier alpha value is -1.90. The Bertz CT molecular complexity index is 1130. The third-order valence-corrected chi connectivity index (χ3v) is 9.05. The minimum atomic E-state index is -3.71. The normalized spacial score (nSPS) is 22.0. The number of hydrogen-bond acceptors (Lipinski definition) is 4. The fourth-order valence-corrected chi connectivity index (χ4v) is 7.35. The zero-order valence-electron chi connectivity index (χ0n) is 18.3. The standard InChI is InChI=1S/C23H28BrN3O3S/c1-15-6-5-7-20(10-15)26-9-8-25(14-17(26)3)31(29,30)23-13-22-19(12-21(23)24)11-16(2)27(22)18(4)28/h5-7,10,12-13,16-17H,8-9,11,14H2,1-4H3/t16-,17+/m0/s1. The third-order valence-electron chi connectivity index (χ3n) is 6.23. The van der Waals surface area contributed by atoms with Gasteiger partial charge in [0.2, 0.25) is 15.9 Å². The molecule has 0 N–H and O–H groups in total. The molecule has 2 aliphatic heterocycles. The van der Waals surface area contributed by atoms with Crippen molar-refractivity contribution in [3.8, 4) is 0 Å². The smallest absolute Gasteiger partial charge is 0.244 e. The lowest BCUT2D eigenvalue weighted by Crippen LogP contribution is -2.53. The molecule has 4 rings (SSSR count). The molecule has 0 aromatic heterocycles. The van der Waals surface area contributed by atoms with Crippen molar-refractivity contribution in [1.29, 1.82) is 0 Å². The molecule has 2 aliphatic rings. The van der Waals surface area contributed by atoms with E-state index in [4.69, 9.17) is 0 Å². The first-order valence-corrected chi connectivity index (χ1v) is 12.8. The highest BCUT2D eigenvalue weighted by atomic mass is 79.9. The zero-order valence-corrected chi connectivity index (χ0v) is 20.7. The Labute approximate surface area is 193 Å². The van der Waals surface area contributed by atoms with Crippen LogP contribution in [0, 0.1) is 6.92 Å². The number of fused-ring (bicyclic) bond motifs is 1. The average molecular weight is 506 g/mol. The van der Waals surface area contributed by atoms with Gasteiger partial charge < -0.3 is 9.80 Å². The van der Waals surface area contributed by atoms with E-state index < -0.39 is 10.0 Å². The Kier molecular flexibility index (Phi) is 5.91. The maximum atomic E-state index is 13.6. The highest BCUT2D eigenvalue weighted by Crippen LogP contribution is 2.39. The molecule has 0 saturated carbocycles. The van der Waals surface area contributed by atoms with Gasteiger partial charge in [-0.15, -0.1) is 0 Å². The molecule has 0 radical (unpaired) electrons. The first-order chi connectivity index (χ1) is 14.6. The van der Waals surface area contributed by atoms with Crippen LogP contribution >= 0.6 is 15.9 Å². The van der Waals surface area contributed by atoms with Crippen LogP contribution < -0.4 is 9.80 Å². The maximum absolute atomic E-state index is 13.6. The molecule has 2 heterocycles. The second-order valence-electron chi connectivity index (χ2n) is 8.60. The van der Waals surface area contributed by atoms with E-state index in [1.807, 2.05) is 19.1 Å². The summed E-state index contributed by atoms with van der Waals surface area (Å²) in [5.74, 6) is -0.0719. The van der Waals surface area contributed by atoms with Gasteiger partial charge in [0.25, 0.3) is 0 Å². The van der Waals surface area contributed by atoms with E-state index in [0.29, 0.717) is 29.8 Å². The summed E-state index contributed by atoms with van der Waals surface area (Å²) in [6, 6.07) is 11.9. The molecule has 8 heteroatoms. The van der Waals surface area contributed by atoms with Crippen LogP contribution in [0.15, 0.2) is 45.8 Å². The summed E-state index contributed by atoms with van der Waals surface area (Å²) in [7, 11) is -3.71. The second-order valence-corrected chi connectivity index (χ2v) is 11.4. The van der Waals surface area contributed by atoms with Crippen LogP contribution in [0.2, 0.25) is 0 Å². The summed E-state index contributed by atoms with van der Waals surface area (Å²) >= 11 is 3.48. The van der Waals surface area contributed by atoms with Crippen molar-refractivity contribution in [2.45, 2.75) is 51.1 Å². The SMILES string of the molecule is CC(=O)N1c2cc(S(=O)(=O)N3CCN(c4cccc(C)c4)[C@H](C)C3)c(Br)cc2C[C@@H]1C. The van der Waals surface area contributed by atoms with E-state index >= 15 is 0 Å². The van der Waals surface area contributed by atoms with Crippen LogP contribution in [0.3, 0.4) is 0 Å². The number of hydrogen-bond donors (Lipinski definition) is 0. The molecule has 166 valence electrons. The molecule has 0 unspecified atom stereocenters. The topological polar surface area (TPSA) is 60.9 Å². The number of piperazine rings is 1. The van der Waals surface area contributed by atoms with Gasteiger partial charge in [0, 0.05) is 54.5 Å². The van der Waals surface area contributed by atoms with Gasteiger partial charge >= 0.3 is 0 Å². The van der Waals surface area contributed by atoms with E-state index in [9.17, 15) is 13.2 Å². The Morgan fingerprint density at radius 1 is 1.10 bits per heavy atom. The number of carbonyl (C=O) groups is 1. The number of nitrogens with zero attached hydrogens (tertiary/aromatic N) is 3. The van der Waals surface area contributed by atoms with Crippen molar-refractivity contribution in [1.82, 2.24) is 4.31 Å². The molecule has 1 saturated heterocycles. The molecular formula is C23H28BrN3O3S. The first kappa shape index (κ1) is 22.3. The van der Waals surface area contributed by atoms with Gasteiger partial charge in [0.1, 0.15) is 0 Å². The average Bonchev–Trinajstić information content (AvgIpc) is 3.01. The molecule has 31 heavy (non-hydrogen) atoms. The van der Waals surface area contributed by atoms with Gasteiger partial charge in [-0.05, 0) is 78.5 Å². The Morgan fingerprint density at radius 3 is 2.48 bits per heavy atom. The monoisotopic (exact) mass is 505 g/mol.